The standard InChI is InChI=1S/C30H35ClF3N5O4.C27H42BN5O3Si.C16H7ClF8O3/c1-18(40)28-37-25(16-38(28)3)21-7-5-20(6-8-21)13-23(15-35-27(41)17-39-11-4-12-39)36-29(42)22-9-10-26(24(31)14-22)43-19(2)30(32,33)34;1-20(36-37(6,7)27(2,3)4)26-31-24(17-32(26)5)22-11-9-21(10-12-22)15-23(30-19-28-35)16-29-25(34)18-33-13-8-14-33;1-5(16(23,24)25)27-8-3-2-6(4-7(8)17)15(26)28-14-12(21)10(19)9(18)11(20)13(14)22/h5-10,14,16,18-19,23,40H,4,11-13,15,17H2,1-3H3,(H,35,41)(H,36,42);9-12,17,19-20,23H,8,13-16,18H2,1-7H3,(H,29,34);2-5H,1H3/t18?,19-,23?;;5-/m1.1/s1. The molecule has 4 N–H and O–H groups in total. The Morgan fingerprint density at radius 3 is 1.50 bits per heavy atom. The third-order valence-corrected chi connectivity index (χ3v) is 23.1. The van der Waals surface area contributed by atoms with Gasteiger partial charge in [0.1, 0.15) is 23.4 Å². The van der Waals surface area contributed by atoms with E-state index in [-0.39, 0.29) is 58.4 Å². The van der Waals surface area contributed by atoms with Gasteiger partial charge in [-0.05, 0) is 114 Å². The number of benzene rings is 5. The summed E-state index contributed by atoms with van der Waals surface area (Å²) in [5.74, 6) is -15.1. The number of carbonyl (C=O) groups is 4. The Morgan fingerprint density at radius 2 is 1.07 bits per heavy atom. The summed E-state index contributed by atoms with van der Waals surface area (Å²) in [7, 11) is 2.58. The third-order valence-electron chi connectivity index (χ3n) is 18.0. The molecule has 0 radical (unpaired) electrons. The third kappa shape index (κ3) is 24.2. The maximum absolute atomic E-state index is 13.5. The summed E-state index contributed by atoms with van der Waals surface area (Å²) in [6.07, 6.45) is -6.02. The minimum Gasteiger partial charge on any atom is -0.480 e. The van der Waals surface area contributed by atoms with Crippen LogP contribution in [0.3, 0.4) is 0 Å². The molecule has 0 spiro atoms. The molecule has 9 rings (SSSR count). The van der Waals surface area contributed by atoms with Crippen molar-refractivity contribution in [3.05, 3.63) is 170 Å². The molecule has 0 aliphatic carbocycles. The Morgan fingerprint density at radius 1 is 0.639 bits per heavy atom. The molecule has 0 saturated carbocycles. The number of aromatic nitrogens is 4. The van der Waals surface area contributed by atoms with E-state index in [1.165, 1.54) is 24.3 Å². The second-order valence-electron chi connectivity index (χ2n) is 27.5. The van der Waals surface area contributed by atoms with E-state index in [4.69, 9.17) is 37.3 Å². The minimum absolute atomic E-state index is 0.000862. The summed E-state index contributed by atoms with van der Waals surface area (Å²) in [6, 6.07) is 21.3. The number of nitrogens with one attached hydrogen (secondary N) is 3. The molecule has 6 atom stereocenters. The number of esters is 1. The first-order valence-corrected chi connectivity index (χ1v) is 37.9. The van der Waals surface area contributed by atoms with Gasteiger partial charge in [0.25, 0.3) is 5.91 Å². The molecule has 4 unspecified atom stereocenters. The van der Waals surface area contributed by atoms with Crippen LogP contribution in [0, 0.1) is 29.1 Å². The fraction of sp³-hybridized carbons (Fsp3) is 0.438. The Bertz CT molecular complexity index is 4280. The SMILES string of the molecule is CC(O)c1nc(-c2ccc(CC(CNC(=O)CN3CCC3)NC(=O)c3ccc(O[C@H](C)C(F)(F)F)c(Cl)c3)cc2)cn1C.CC(O[Si](C)(C)C(C)(C)C)c1nc(-c2ccc(CC(CNC(=O)CN3CCC3)N=CB=O)cc2)cn1C.C[C@@H](Oc1ccc(C(=O)Oc2c(F)c(F)c(F)c(F)c2F)cc1Cl)C(F)(F)F. The molecule has 2 aromatic heterocycles. The Hall–Kier alpha value is -8.60. The number of aliphatic imine (C=N–C) groups is 1. The van der Waals surface area contributed by atoms with Crippen LogP contribution in [0.1, 0.15) is 117 Å². The second kappa shape index (κ2) is 37.7. The van der Waals surface area contributed by atoms with Crippen molar-refractivity contribution in [1.82, 2.24) is 44.9 Å². The molecule has 35 heteroatoms. The molecule has 2 saturated heterocycles. The number of amides is 3. The molecular weight excluding hydrogens is 1500 g/mol. The molecule has 7 aromatic rings. The molecule has 4 heterocycles. The number of aryl methyl sites for hydroxylation is 2. The number of nitrogens with zero attached hydrogens (tertiary/aromatic N) is 7. The van der Waals surface area contributed by atoms with Gasteiger partial charge in [-0.3, -0.25) is 14.5 Å². The van der Waals surface area contributed by atoms with Crippen molar-refractivity contribution in [1.29, 1.82) is 0 Å². The van der Waals surface area contributed by atoms with Crippen LogP contribution in [0.2, 0.25) is 28.2 Å². The number of hydrogen-bond acceptors (Lipinski definition) is 15. The van der Waals surface area contributed by atoms with E-state index in [1.807, 2.05) is 60.2 Å². The molecule has 0 bridgehead atoms. The monoisotopic (exact) mass is 1580 g/mol. The van der Waals surface area contributed by atoms with Crippen molar-refractivity contribution in [3.8, 4) is 39.8 Å². The average molecular weight is 1580 g/mol. The van der Waals surface area contributed by atoms with E-state index in [1.54, 1.807) is 11.5 Å². The van der Waals surface area contributed by atoms with Gasteiger partial charge >= 0.3 is 183 Å². The molecule has 5 aromatic carbocycles. The van der Waals surface area contributed by atoms with Crippen LogP contribution < -0.4 is 30.2 Å². The maximum atomic E-state index is 13.5. The second-order valence-corrected chi connectivity index (χ2v) is 33.1. The summed E-state index contributed by atoms with van der Waals surface area (Å²) in [5.41, 5.74) is 5.05. The van der Waals surface area contributed by atoms with E-state index in [0.29, 0.717) is 51.5 Å². The zero-order valence-electron chi connectivity index (χ0n) is 61.0. The van der Waals surface area contributed by atoms with Crippen molar-refractivity contribution in [3.63, 3.8) is 0 Å². The molecule has 2 aliphatic rings. The zero-order valence-corrected chi connectivity index (χ0v) is 63.5. The number of aliphatic hydroxyl groups excluding tert-OH is 1. The van der Waals surface area contributed by atoms with Crippen LogP contribution in [0.4, 0.5) is 48.3 Å². The van der Waals surface area contributed by atoms with Crippen molar-refractivity contribution in [2.45, 2.75) is 141 Å². The number of alkyl halides is 6. The summed E-state index contributed by atoms with van der Waals surface area (Å²) in [6.45, 7) is 21.5. The molecular formula is C73H84BCl2F11N10O10Si. The molecule has 3 amide bonds. The van der Waals surface area contributed by atoms with E-state index in [9.17, 15) is 77.3 Å². The van der Waals surface area contributed by atoms with Gasteiger partial charge in [-0.1, -0.05) is 68.2 Å². The van der Waals surface area contributed by atoms with Gasteiger partial charge in [0.2, 0.25) is 40.7 Å². The molecule has 108 heavy (non-hydrogen) atoms. The van der Waals surface area contributed by atoms with Gasteiger partial charge in [-0.15, -0.1) is 0 Å². The Labute approximate surface area is 629 Å². The summed E-state index contributed by atoms with van der Waals surface area (Å²) < 4.78 is 177. The smallest absolute Gasteiger partial charge is 0.480 e. The number of ether oxygens (including phenoxy) is 3. The number of rotatable bonds is 28. The quantitative estimate of drug-likeness (QED) is 0.00680. The van der Waals surface area contributed by atoms with Crippen molar-refractivity contribution < 1.29 is 95.9 Å². The first kappa shape index (κ1) is 86.6. The van der Waals surface area contributed by atoms with E-state index in [2.05, 4.69) is 105 Å². The van der Waals surface area contributed by atoms with Gasteiger partial charge in [-0.2, -0.15) is 35.1 Å². The fourth-order valence-corrected chi connectivity index (χ4v) is 12.3. The summed E-state index contributed by atoms with van der Waals surface area (Å²) in [5, 5.41) is 18.2. The predicted octanol–water partition coefficient (Wildman–Crippen LogP) is 13.9. The Kier molecular flexibility index (Phi) is 30.2. The van der Waals surface area contributed by atoms with Crippen LogP contribution in [-0.4, -0.2) is 168 Å². The van der Waals surface area contributed by atoms with Crippen LogP contribution in [0.25, 0.3) is 22.5 Å². The van der Waals surface area contributed by atoms with Gasteiger partial charge in [-0.25, -0.2) is 22.9 Å². The number of likely N-dealkylation sites (tertiary alicyclic amines) is 2. The van der Waals surface area contributed by atoms with Gasteiger partial charge in [0, 0.05) is 30.9 Å². The number of imidazole rings is 2. The van der Waals surface area contributed by atoms with Crippen molar-refractivity contribution >= 4 is 68.5 Å². The van der Waals surface area contributed by atoms with E-state index < -0.39 is 108 Å². The molecule has 2 aliphatic heterocycles. The predicted molar refractivity (Wildman–Crippen MR) is 387 cm³/mol. The number of hydrogen-bond donors (Lipinski definition) is 4. The van der Waals surface area contributed by atoms with Crippen LogP contribution in [0.5, 0.6) is 17.2 Å². The number of carbonyl (C=O) groups excluding carboxylic acids is 4. The van der Waals surface area contributed by atoms with Crippen molar-refractivity contribution in [2.24, 2.45) is 19.1 Å². The minimum atomic E-state index is -4.70. The van der Waals surface area contributed by atoms with E-state index >= 15 is 0 Å². The Balaban J connectivity index is 0.000000231. The van der Waals surface area contributed by atoms with Crippen LogP contribution >= 0.6 is 23.2 Å². The average Bonchev–Trinajstić information content (AvgIpc) is 0.848. The molecule has 2 fully saturated rings. The van der Waals surface area contributed by atoms with Gasteiger partial charge in [0.05, 0.1) is 33.9 Å². The summed E-state index contributed by atoms with van der Waals surface area (Å²) in [4.78, 5) is 67.6. The van der Waals surface area contributed by atoms with Crippen molar-refractivity contribution in [2.75, 3.05) is 52.4 Å². The fourth-order valence-electron chi connectivity index (χ4n) is 10.5. The topological polar surface area (TPSA) is 233 Å². The van der Waals surface area contributed by atoms with Gasteiger partial charge in [0.15, 0.2) is 20.5 Å². The first-order valence-electron chi connectivity index (χ1n) is 34.2. The zero-order chi connectivity index (χ0) is 79.9. The van der Waals surface area contributed by atoms with E-state index in [0.717, 1.165) is 97.9 Å². The number of aliphatic hydroxyl groups is 1. The van der Waals surface area contributed by atoms with Crippen LogP contribution in [0.15, 0.2) is 102 Å². The normalized spacial score (nSPS) is 15.1. The van der Waals surface area contributed by atoms with Gasteiger partial charge < -0.3 is 38.9 Å². The number of halogens is 13. The first-order chi connectivity index (χ1) is 50.5. The molecule has 584 valence electrons. The molecule has 20 nitrogen and oxygen atoms in total. The summed E-state index contributed by atoms with van der Waals surface area (Å²) >= 11 is 11.8. The van der Waals surface area contributed by atoms with Crippen LogP contribution in [-0.2, 0) is 45.7 Å².